The Bertz CT molecular complexity index is 339. The summed E-state index contributed by atoms with van der Waals surface area (Å²) in [5.41, 5.74) is 1.23. The largest absolute Gasteiger partial charge is 0.492 e. The lowest BCUT2D eigenvalue weighted by molar-refractivity contribution is 0.315. The van der Waals surface area contributed by atoms with Gasteiger partial charge < -0.3 is 10.1 Å². The average molecular weight is 284 g/mol. The molecule has 0 saturated carbocycles. The molecule has 16 heavy (non-hydrogen) atoms. The molecule has 0 aliphatic heterocycles. The quantitative estimate of drug-likeness (QED) is 0.611. The van der Waals surface area contributed by atoms with Gasteiger partial charge in [-0.05, 0) is 40.0 Å². The second-order valence-electron chi connectivity index (χ2n) is 3.53. The van der Waals surface area contributed by atoms with E-state index in [4.69, 9.17) is 4.74 Å². The molecule has 0 aliphatic carbocycles. The molecule has 0 fully saturated rings. The SMILES string of the molecule is C=CCNCc1ccc(OCCC)c(Br)c1. The van der Waals surface area contributed by atoms with Gasteiger partial charge >= 0.3 is 0 Å². The zero-order valence-electron chi connectivity index (χ0n) is 9.63. The Morgan fingerprint density at radius 1 is 1.50 bits per heavy atom. The average Bonchev–Trinajstić information content (AvgIpc) is 2.28. The van der Waals surface area contributed by atoms with E-state index in [0.717, 1.165) is 36.3 Å². The van der Waals surface area contributed by atoms with Gasteiger partial charge in [-0.25, -0.2) is 0 Å². The third-order valence-corrected chi connectivity index (χ3v) is 2.70. The minimum atomic E-state index is 0.757. The summed E-state index contributed by atoms with van der Waals surface area (Å²) < 4.78 is 6.60. The number of nitrogens with one attached hydrogen (secondary N) is 1. The Balaban J connectivity index is 2.56. The van der Waals surface area contributed by atoms with Gasteiger partial charge in [0.25, 0.3) is 0 Å². The standard InChI is InChI=1S/C13H18BrNO/c1-3-7-15-10-11-5-6-13(12(14)9-11)16-8-4-2/h3,5-6,9,15H,1,4,7-8,10H2,2H3. The highest BCUT2D eigenvalue weighted by Gasteiger charge is 2.01. The highest BCUT2D eigenvalue weighted by Crippen LogP contribution is 2.26. The van der Waals surface area contributed by atoms with E-state index in [2.05, 4.69) is 46.9 Å². The molecule has 0 atom stereocenters. The maximum absolute atomic E-state index is 5.58. The van der Waals surface area contributed by atoms with E-state index in [9.17, 15) is 0 Å². The fraction of sp³-hybridized carbons (Fsp3) is 0.385. The molecule has 88 valence electrons. The van der Waals surface area contributed by atoms with Crippen molar-refractivity contribution in [1.82, 2.24) is 5.32 Å². The van der Waals surface area contributed by atoms with E-state index >= 15 is 0 Å². The first kappa shape index (κ1) is 13.3. The molecule has 1 rings (SSSR count). The first-order valence-corrected chi connectivity index (χ1v) is 6.30. The van der Waals surface area contributed by atoms with E-state index in [1.807, 2.05) is 12.1 Å². The van der Waals surface area contributed by atoms with E-state index in [-0.39, 0.29) is 0 Å². The summed E-state index contributed by atoms with van der Waals surface area (Å²) in [6, 6.07) is 6.16. The van der Waals surface area contributed by atoms with Crippen LogP contribution in [0.15, 0.2) is 35.3 Å². The number of hydrogen-bond donors (Lipinski definition) is 1. The van der Waals surface area contributed by atoms with Crippen LogP contribution in [0.5, 0.6) is 5.75 Å². The van der Waals surface area contributed by atoms with Gasteiger partial charge in [0, 0.05) is 13.1 Å². The fourth-order valence-electron chi connectivity index (χ4n) is 1.30. The van der Waals surface area contributed by atoms with Crippen LogP contribution in [0, 0.1) is 0 Å². The van der Waals surface area contributed by atoms with Gasteiger partial charge in [-0.1, -0.05) is 19.1 Å². The molecule has 1 N–H and O–H groups in total. The van der Waals surface area contributed by atoms with Crippen LogP contribution in [0.25, 0.3) is 0 Å². The molecule has 2 nitrogen and oxygen atoms in total. The number of benzene rings is 1. The maximum atomic E-state index is 5.58. The van der Waals surface area contributed by atoms with Gasteiger partial charge in [-0.2, -0.15) is 0 Å². The molecular weight excluding hydrogens is 266 g/mol. The minimum absolute atomic E-state index is 0.757. The van der Waals surface area contributed by atoms with Crippen LogP contribution in [-0.4, -0.2) is 13.2 Å². The zero-order chi connectivity index (χ0) is 11.8. The van der Waals surface area contributed by atoms with Crippen LogP contribution < -0.4 is 10.1 Å². The van der Waals surface area contributed by atoms with Crippen molar-refractivity contribution >= 4 is 15.9 Å². The lowest BCUT2D eigenvalue weighted by Crippen LogP contribution is -2.12. The van der Waals surface area contributed by atoms with Gasteiger partial charge in [-0.15, -0.1) is 6.58 Å². The van der Waals surface area contributed by atoms with Crippen LogP contribution in [0.3, 0.4) is 0 Å². The van der Waals surface area contributed by atoms with Crippen molar-refractivity contribution in [2.75, 3.05) is 13.2 Å². The Morgan fingerprint density at radius 2 is 2.31 bits per heavy atom. The monoisotopic (exact) mass is 283 g/mol. The van der Waals surface area contributed by atoms with E-state index in [1.54, 1.807) is 0 Å². The Labute approximate surface area is 106 Å². The first-order chi connectivity index (χ1) is 7.77. The smallest absolute Gasteiger partial charge is 0.133 e. The normalized spacial score (nSPS) is 10.1. The topological polar surface area (TPSA) is 21.3 Å². The van der Waals surface area contributed by atoms with Gasteiger partial charge in [0.05, 0.1) is 11.1 Å². The van der Waals surface area contributed by atoms with Crippen molar-refractivity contribution in [1.29, 1.82) is 0 Å². The molecule has 0 aliphatic rings. The third kappa shape index (κ3) is 4.37. The zero-order valence-corrected chi connectivity index (χ0v) is 11.2. The van der Waals surface area contributed by atoms with E-state index < -0.39 is 0 Å². The summed E-state index contributed by atoms with van der Waals surface area (Å²) in [6.07, 6.45) is 2.88. The molecule has 0 spiro atoms. The van der Waals surface area contributed by atoms with Gasteiger partial charge in [0.2, 0.25) is 0 Å². The summed E-state index contributed by atoms with van der Waals surface area (Å²) in [5.74, 6) is 0.911. The highest BCUT2D eigenvalue weighted by atomic mass is 79.9. The molecule has 3 heteroatoms. The van der Waals surface area contributed by atoms with Crippen molar-refractivity contribution in [2.24, 2.45) is 0 Å². The number of rotatable bonds is 7. The Morgan fingerprint density at radius 3 is 2.94 bits per heavy atom. The van der Waals surface area contributed by atoms with Crippen molar-refractivity contribution in [3.63, 3.8) is 0 Å². The molecular formula is C13H18BrNO. The van der Waals surface area contributed by atoms with Crippen molar-refractivity contribution in [3.05, 3.63) is 40.9 Å². The van der Waals surface area contributed by atoms with Crippen molar-refractivity contribution in [3.8, 4) is 5.75 Å². The lowest BCUT2D eigenvalue weighted by Gasteiger charge is -2.09. The second kappa shape index (κ2) is 7.47. The fourth-order valence-corrected chi connectivity index (χ4v) is 1.84. The first-order valence-electron chi connectivity index (χ1n) is 5.50. The number of hydrogen-bond acceptors (Lipinski definition) is 2. The van der Waals surface area contributed by atoms with Crippen molar-refractivity contribution < 1.29 is 4.74 Å². The highest BCUT2D eigenvalue weighted by molar-refractivity contribution is 9.10. The van der Waals surface area contributed by atoms with E-state index in [0.29, 0.717) is 0 Å². The Kier molecular flexibility index (Phi) is 6.19. The third-order valence-electron chi connectivity index (χ3n) is 2.08. The summed E-state index contributed by atoms with van der Waals surface area (Å²) in [4.78, 5) is 0. The maximum Gasteiger partial charge on any atom is 0.133 e. The molecule has 0 radical (unpaired) electrons. The van der Waals surface area contributed by atoms with Crippen LogP contribution >= 0.6 is 15.9 Å². The number of halogens is 1. The molecule has 0 amide bonds. The molecule has 1 aromatic rings. The predicted octanol–water partition coefficient (Wildman–Crippen LogP) is 3.51. The summed E-state index contributed by atoms with van der Waals surface area (Å²) in [5, 5.41) is 3.26. The molecule has 0 saturated heterocycles. The van der Waals surface area contributed by atoms with Crippen LogP contribution in [0.1, 0.15) is 18.9 Å². The van der Waals surface area contributed by atoms with Crippen molar-refractivity contribution in [2.45, 2.75) is 19.9 Å². The molecule has 0 bridgehead atoms. The summed E-state index contributed by atoms with van der Waals surface area (Å²) >= 11 is 3.51. The molecule has 0 aromatic heterocycles. The molecule has 0 heterocycles. The van der Waals surface area contributed by atoms with Gasteiger partial charge in [-0.3, -0.25) is 0 Å². The van der Waals surface area contributed by atoms with Gasteiger partial charge in [0.1, 0.15) is 5.75 Å². The second-order valence-corrected chi connectivity index (χ2v) is 4.39. The van der Waals surface area contributed by atoms with E-state index in [1.165, 1.54) is 5.56 Å². The lowest BCUT2D eigenvalue weighted by atomic mass is 10.2. The number of ether oxygens (including phenoxy) is 1. The summed E-state index contributed by atoms with van der Waals surface area (Å²) in [6.45, 7) is 8.19. The van der Waals surface area contributed by atoms with Crippen LogP contribution in [0.2, 0.25) is 0 Å². The molecule has 1 aromatic carbocycles. The van der Waals surface area contributed by atoms with Crippen LogP contribution in [0.4, 0.5) is 0 Å². The van der Waals surface area contributed by atoms with Gasteiger partial charge in [0.15, 0.2) is 0 Å². The Hall–Kier alpha value is -0.800. The summed E-state index contributed by atoms with van der Waals surface area (Å²) in [7, 11) is 0. The molecule has 0 unspecified atom stereocenters. The minimum Gasteiger partial charge on any atom is -0.492 e. The predicted molar refractivity (Wildman–Crippen MR) is 71.8 cm³/mol. The van der Waals surface area contributed by atoms with Crippen LogP contribution in [-0.2, 0) is 6.54 Å².